The number of rotatable bonds is 6. The van der Waals surface area contributed by atoms with Crippen LogP contribution in [0.3, 0.4) is 0 Å². The summed E-state index contributed by atoms with van der Waals surface area (Å²) in [4.78, 5) is 25.7. The Morgan fingerprint density at radius 3 is 2.16 bits per heavy atom. The van der Waals surface area contributed by atoms with Crippen molar-refractivity contribution in [3.05, 3.63) is 91.7 Å². The van der Waals surface area contributed by atoms with Crippen molar-refractivity contribution in [2.45, 2.75) is 23.6 Å². The summed E-state index contributed by atoms with van der Waals surface area (Å²) in [5, 5.41) is 5.48. The zero-order valence-electron chi connectivity index (χ0n) is 18.7. The van der Waals surface area contributed by atoms with E-state index in [0.717, 1.165) is 18.2 Å². The van der Waals surface area contributed by atoms with E-state index in [-0.39, 0.29) is 38.4 Å². The SMILES string of the molecule is CCc1c(NC(=O)[C@H]2[C@H](c3cc(Cl)c(Cl)c(Cl)c3)C2(Cl)Cl)ccc(F)c1NC(=O)c1ccc(F)cc1F. The van der Waals surface area contributed by atoms with E-state index < -0.39 is 51.0 Å². The summed E-state index contributed by atoms with van der Waals surface area (Å²) in [6.07, 6.45) is 0.179. The normalized spacial score (nSPS) is 17.9. The first-order valence-electron chi connectivity index (χ1n) is 10.8. The van der Waals surface area contributed by atoms with E-state index in [4.69, 9.17) is 58.0 Å². The molecule has 2 amide bonds. The molecule has 0 unspecified atom stereocenters. The summed E-state index contributed by atoms with van der Waals surface area (Å²) in [5.41, 5.74) is 0.182. The second-order valence-corrected chi connectivity index (χ2v) is 10.9. The second kappa shape index (κ2) is 10.5. The maximum Gasteiger partial charge on any atom is 0.258 e. The van der Waals surface area contributed by atoms with Crippen LogP contribution in [0.25, 0.3) is 0 Å². The second-order valence-electron chi connectivity index (χ2n) is 8.30. The molecule has 0 aromatic heterocycles. The molecular formula is C25H16Cl5F3N2O2. The van der Waals surface area contributed by atoms with Gasteiger partial charge in [-0.3, -0.25) is 9.59 Å². The zero-order valence-corrected chi connectivity index (χ0v) is 22.5. The Labute approximate surface area is 235 Å². The van der Waals surface area contributed by atoms with Crippen LogP contribution in [0.4, 0.5) is 24.5 Å². The average Bonchev–Trinajstić information content (AvgIpc) is 3.41. The number of carbonyl (C=O) groups is 2. The molecule has 0 aliphatic heterocycles. The number of carbonyl (C=O) groups excluding carboxylic acids is 2. The molecule has 37 heavy (non-hydrogen) atoms. The average molecular weight is 611 g/mol. The van der Waals surface area contributed by atoms with Crippen LogP contribution < -0.4 is 10.6 Å². The van der Waals surface area contributed by atoms with Crippen LogP contribution in [0.5, 0.6) is 0 Å². The molecule has 1 aliphatic carbocycles. The topological polar surface area (TPSA) is 58.2 Å². The Hall–Kier alpha value is -2.16. The van der Waals surface area contributed by atoms with Crippen LogP contribution >= 0.6 is 58.0 Å². The first-order valence-corrected chi connectivity index (χ1v) is 12.7. The lowest BCUT2D eigenvalue weighted by molar-refractivity contribution is -0.117. The fourth-order valence-electron chi connectivity index (χ4n) is 4.13. The van der Waals surface area contributed by atoms with Crippen molar-refractivity contribution in [2.24, 2.45) is 5.92 Å². The lowest BCUT2D eigenvalue weighted by atomic mass is 10.1. The van der Waals surface area contributed by atoms with E-state index in [0.29, 0.717) is 11.6 Å². The third-order valence-electron chi connectivity index (χ3n) is 5.99. The minimum atomic E-state index is -1.48. The number of nitrogens with one attached hydrogen (secondary N) is 2. The van der Waals surface area contributed by atoms with Crippen molar-refractivity contribution >= 4 is 81.2 Å². The van der Waals surface area contributed by atoms with Gasteiger partial charge in [0, 0.05) is 23.2 Å². The largest absolute Gasteiger partial charge is 0.325 e. The molecule has 3 aromatic carbocycles. The molecule has 4 nitrogen and oxygen atoms in total. The molecule has 0 bridgehead atoms. The van der Waals surface area contributed by atoms with Crippen molar-refractivity contribution in [3.63, 3.8) is 0 Å². The Balaban J connectivity index is 1.60. The highest BCUT2D eigenvalue weighted by molar-refractivity contribution is 6.54. The monoisotopic (exact) mass is 608 g/mol. The van der Waals surface area contributed by atoms with Crippen molar-refractivity contribution in [2.75, 3.05) is 10.6 Å². The van der Waals surface area contributed by atoms with Gasteiger partial charge in [-0.15, -0.1) is 23.2 Å². The summed E-state index contributed by atoms with van der Waals surface area (Å²) < 4.78 is 40.5. The summed E-state index contributed by atoms with van der Waals surface area (Å²) in [5.74, 6) is -5.92. The molecule has 2 atom stereocenters. The Morgan fingerprint density at radius 2 is 1.57 bits per heavy atom. The Morgan fingerprint density at radius 1 is 0.919 bits per heavy atom. The van der Waals surface area contributed by atoms with Crippen molar-refractivity contribution in [1.82, 2.24) is 0 Å². The number of benzene rings is 3. The zero-order chi connectivity index (χ0) is 27.2. The molecule has 1 fully saturated rings. The van der Waals surface area contributed by atoms with Gasteiger partial charge in [-0.1, -0.05) is 41.7 Å². The standard InChI is InChI=1S/C25H16Cl5F3N2O2/c1-2-12-18(6-5-16(32)22(12)35-23(36)13-4-3-11(31)9-17(13)33)34-24(37)20-19(25(20,29)30)10-7-14(26)21(28)15(27)8-10/h3-9,19-20H,2H2,1H3,(H,34,37)(H,35,36)/t19-,20+/m0/s1. The van der Waals surface area contributed by atoms with Crippen molar-refractivity contribution < 1.29 is 22.8 Å². The molecule has 12 heteroatoms. The van der Waals surface area contributed by atoms with Gasteiger partial charge in [-0.25, -0.2) is 13.2 Å². The van der Waals surface area contributed by atoms with Gasteiger partial charge >= 0.3 is 0 Å². The van der Waals surface area contributed by atoms with Crippen LogP contribution in [0.15, 0.2) is 42.5 Å². The van der Waals surface area contributed by atoms with Gasteiger partial charge in [0.2, 0.25) is 5.91 Å². The third kappa shape index (κ3) is 5.38. The summed E-state index contributed by atoms with van der Waals surface area (Å²) in [6.45, 7) is 1.67. The lowest BCUT2D eigenvalue weighted by Gasteiger charge is -2.16. The molecule has 0 spiro atoms. The number of amides is 2. The number of alkyl halides is 2. The predicted molar refractivity (Wildman–Crippen MR) is 141 cm³/mol. The smallest absolute Gasteiger partial charge is 0.258 e. The van der Waals surface area contributed by atoms with Crippen LogP contribution in [0.1, 0.15) is 34.3 Å². The Kier molecular flexibility index (Phi) is 7.94. The van der Waals surface area contributed by atoms with Crippen molar-refractivity contribution in [3.8, 4) is 0 Å². The first-order chi connectivity index (χ1) is 17.4. The molecule has 0 heterocycles. The van der Waals surface area contributed by atoms with E-state index in [1.807, 2.05) is 0 Å². The summed E-state index contributed by atoms with van der Waals surface area (Å²) in [6, 6.07) is 7.78. The molecule has 0 saturated heterocycles. The Bertz CT molecular complexity index is 1410. The van der Waals surface area contributed by atoms with Crippen molar-refractivity contribution in [1.29, 1.82) is 0 Å². The highest BCUT2D eigenvalue weighted by Gasteiger charge is 2.67. The van der Waals surface area contributed by atoms with E-state index in [9.17, 15) is 22.8 Å². The molecule has 1 aliphatic rings. The fraction of sp³-hybridized carbons (Fsp3) is 0.200. The van der Waals surface area contributed by atoms with Gasteiger partial charge in [0.15, 0.2) is 0 Å². The maximum atomic E-state index is 14.7. The van der Waals surface area contributed by atoms with Gasteiger partial charge in [0.05, 0.1) is 32.2 Å². The quantitative estimate of drug-likeness (QED) is 0.218. The number of halogens is 8. The molecular weight excluding hydrogens is 595 g/mol. The van der Waals surface area contributed by atoms with E-state index >= 15 is 0 Å². The van der Waals surface area contributed by atoms with E-state index in [1.54, 1.807) is 6.92 Å². The van der Waals surface area contributed by atoms with Gasteiger partial charge in [0.25, 0.3) is 5.91 Å². The van der Waals surface area contributed by atoms with E-state index in [2.05, 4.69) is 10.6 Å². The lowest BCUT2D eigenvalue weighted by Crippen LogP contribution is -2.20. The molecule has 3 aromatic rings. The molecule has 4 rings (SSSR count). The molecule has 1 saturated carbocycles. The minimum Gasteiger partial charge on any atom is -0.325 e. The number of anilines is 2. The van der Waals surface area contributed by atoms with Crippen LogP contribution in [-0.2, 0) is 11.2 Å². The highest BCUT2D eigenvalue weighted by atomic mass is 35.5. The maximum absolute atomic E-state index is 14.7. The summed E-state index contributed by atoms with van der Waals surface area (Å²) >= 11 is 31.0. The van der Waals surface area contributed by atoms with Gasteiger partial charge < -0.3 is 10.6 Å². The van der Waals surface area contributed by atoms with Crippen LogP contribution in [0, 0.1) is 23.4 Å². The molecule has 0 radical (unpaired) electrons. The first kappa shape index (κ1) is 27.9. The minimum absolute atomic E-state index is 0.150. The fourth-order valence-corrected chi connectivity index (χ4v) is 5.57. The van der Waals surface area contributed by atoms with E-state index in [1.165, 1.54) is 18.2 Å². The number of hydrogen-bond donors (Lipinski definition) is 2. The predicted octanol–water partition coefficient (Wildman–Crippen LogP) is 8.40. The molecule has 194 valence electrons. The van der Waals surface area contributed by atoms with Gasteiger partial charge in [-0.05, 0) is 48.4 Å². The summed E-state index contributed by atoms with van der Waals surface area (Å²) in [7, 11) is 0. The third-order valence-corrected chi connectivity index (χ3v) is 8.13. The van der Waals surface area contributed by atoms with Gasteiger partial charge in [-0.2, -0.15) is 0 Å². The van der Waals surface area contributed by atoms with Crippen LogP contribution in [-0.4, -0.2) is 16.1 Å². The van der Waals surface area contributed by atoms with Crippen LogP contribution in [0.2, 0.25) is 15.1 Å². The highest BCUT2D eigenvalue weighted by Crippen LogP contribution is 2.65. The van der Waals surface area contributed by atoms with Gasteiger partial charge in [0.1, 0.15) is 21.8 Å². The number of hydrogen-bond acceptors (Lipinski definition) is 2. The molecule has 2 N–H and O–H groups in total.